The van der Waals surface area contributed by atoms with Gasteiger partial charge in [-0.3, -0.25) is 9.48 Å². The van der Waals surface area contributed by atoms with Crippen molar-refractivity contribution in [2.75, 3.05) is 19.0 Å². The lowest BCUT2D eigenvalue weighted by Gasteiger charge is -2.04. The summed E-state index contributed by atoms with van der Waals surface area (Å²) in [4.78, 5) is 11.9. The van der Waals surface area contributed by atoms with E-state index in [0.29, 0.717) is 18.8 Å². The van der Waals surface area contributed by atoms with Crippen LogP contribution in [0.4, 0.5) is 5.69 Å². The van der Waals surface area contributed by atoms with Gasteiger partial charge in [0.1, 0.15) is 0 Å². The molecule has 0 atom stereocenters. The van der Waals surface area contributed by atoms with Gasteiger partial charge >= 0.3 is 0 Å². The van der Waals surface area contributed by atoms with E-state index in [0.717, 1.165) is 0 Å². The quantitative estimate of drug-likeness (QED) is 0.713. The van der Waals surface area contributed by atoms with E-state index >= 15 is 0 Å². The Morgan fingerprint density at radius 3 is 2.90 bits per heavy atom. The number of nitrogens with zero attached hydrogens (tertiary/aromatic N) is 2. The second-order valence-corrected chi connectivity index (χ2v) is 4.14. The number of benzene rings is 1. The number of hydrogen-bond donors (Lipinski definition) is 3. The molecule has 1 aromatic carbocycles. The molecule has 0 aliphatic carbocycles. The molecular formula is C13H15N3O4. The monoisotopic (exact) mass is 277 g/mol. The second-order valence-electron chi connectivity index (χ2n) is 4.14. The van der Waals surface area contributed by atoms with Gasteiger partial charge in [0, 0.05) is 18.9 Å². The molecule has 1 heterocycles. The number of carbonyl (C=O) groups is 1. The molecule has 7 nitrogen and oxygen atoms in total. The zero-order valence-corrected chi connectivity index (χ0v) is 10.9. The molecule has 0 aliphatic rings. The van der Waals surface area contributed by atoms with E-state index in [1.807, 2.05) is 0 Å². The van der Waals surface area contributed by atoms with Gasteiger partial charge in [0.2, 0.25) is 0 Å². The highest BCUT2D eigenvalue weighted by Gasteiger charge is 2.10. The Hall–Kier alpha value is -2.54. The number of nitrogens with one attached hydrogen (secondary N) is 1. The molecule has 0 fully saturated rings. The predicted octanol–water partition coefficient (Wildman–Crippen LogP) is 1.19. The second kappa shape index (κ2) is 6.07. The molecule has 1 amide bonds. The molecule has 0 saturated heterocycles. The lowest BCUT2D eigenvalue weighted by atomic mass is 10.2. The van der Waals surface area contributed by atoms with Crippen molar-refractivity contribution in [1.82, 2.24) is 9.78 Å². The maximum atomic E-state index is 11.9. The van der Waals surface area contributed by atoms with Crippen LogP contribution in [0.3, 0.4) is 0 Å². The van der Waals surface area contributed by atoms with Gasteiger partial charge in [-0.1, -0.05) is 0 Å². The summed E-state index contributed by atoms with van der Waals surface area (Å²) in [6.07, 6.45) is 3.20. The van der Waals surface area contributed by atoms with E-state index in [9.17, 15) is 15.0 Å². The largest absolute Gasteiger partial charge is 0.504 e. The third-order valence-corrected chi connectivity index (χ3v) is 2.65. The first-order valence-corrected chi connectivity index (χ1v) is 5.95. The number of phenols is 2. The number of rotatable bonds is 5. The van der Waals surface area contributed by atoms with Gasteiger partial charge < -0.3 is 20.3 Å². The number of anilines is 1. The summed E-state index contributed by atoms with van der Waals surface area (Å²) in [5, 5.41) is 25.3. The summed E-state index contributed by atoms with van der Waals surface area (Å²) < 4.78 is 6.58. The van der Waals surface area contributed by atoms with Crippen LogP contribution in [0.25, 0.3) is 0 Å². The maximum absolute atomic E-state index is 11.9. The van der Waals surface area contributed by atoms with Crippen LogP contribution >= 0.6 is 0 Å². The molecule has 0 aliphatic heterocycles. The Bertz CT molecular complexity index is 609. The van der Waals surface area contributed by atoms with Gasteiger partial charge in [0.25, 0.3) is 5.91 Å². The molecule has 106 valence electrons. The Balaban J connectivity index is 2.03. The Morgan fingerprint density at radius 2 is 2.20 bits per heavy atom. The first-order chi connectivity index (χ1) is 9.60. The van der Waals surface area contributed by atoms with Gasteiger partial charge in [-0.2, -0.15) is 5.10 Å². The van der Waals surface area contributed by atoms with Crippen LogP contribution in [0.15, 0.2) is 30.6 Å². The first-order valence-electron chi connectivity index (χ1n) is 5.95. The minimum atomic E-state index is -0.397. The number of aromatic nitrogens is 2. The molecule has 2 rings (SSSR count). The van der Waals surface area contributed by atoms with Crippen LogP contribution < -0.4 is 5.32 Å². The zero-order chi connectivity index (χ0) is 14.5. The summed E-state index contributed by atoms with van der Waals surface area (Å²) >= 11 is 0. The van der Waals surface area contributed by atoms with Gasteiger partial charge in [-0.15, -0.1) is 0 Å². The average Bonchev–Trinajstić information content (AvgIpc) is 2.87. The van der Waals surface area contributed by atoms with Crippen LogP contribution in [-0.2, 0) is 11.3 Å². The molecule has 1 aromatic heterocycles. The van der Waals surface area contributed by atoms with Crippen LogP contribution in [0, 0.1) is 0 Å². The molecule has 0 radical (unpaired) electrons. The van der Waals surface area contributed by atoms with Crippen molar-refractivity contribution in [3.8, 4) is 11.5 Å². The van der Waals surface area contributed by atoms with E-state index < -0.39 is 5.91 Å². The SMILES string of the molecule is COCCn1cc(NC(=O)c2ccc(O)c(O)c2)cn1. The van der Waals surface area contributed by atoms with Crippen LogP contribution in [-0.4, -0.2) is 39.6 Å². The molecular weight excluding hydrogens is 262 g/mol. The minimum absolute atomic E-state index is 0.241. The molecule has 0 bridgehead atoms. The topological polar surface area (TPSA) is 96.6 Å². The first kappa shape index (κ1) is 13.9. The molecule has 2 aromatic rings. The lowest BCUT2D eigenvalue weighted by Crippen LogP contribution is -2.11. The third-order valence-electron chi connectivity index (χ3n) is 2.65. The molecule has 0 unspecified atom stereocenters. The van der Waals surface area contributed by atoms with Gasteiger partial charge in [-0.05, 0) is 18.2 Å². The van der Waals surface area contributed by atoms with E-state index in [-0.39, 0.29) is 17.1 Å². The zero-order valence-electron chi connectivity index (χ0n) is 10.9. The standard InChI is InChI=1S/C13H15N3O4/c1-20-5-4-16-8-10(7-14-16)15-13(19)9-2-3-11(17)12(18)6-9/h2-3,6-8,17-18H,4-5H2,1H3,(H,15,19). The lowest BCUT2D eigenvalue weighted by molar-refractivity contribution is 0.102. The maximum Gasteiger partial charge on any atom is 0.255 e. The molecule has 0 spiro atoms. The van der Waals surface area contributed by atoms with Crippen molar-refractivity contribution in [2.24, 2.45) is 0 Å². The number of methoxy groups -OCH3 is 1. The van der Waals surface area contributed by atoms with Crippen molar-refractivity contribution in [2.45, 2.75) is 6.54 Å². The molecule has 0 saturated carbocycles. The Morgan fingerprint density at radius 1 is 1.40 bits per heavy atom. The van der Waals surface area contributed by atoms with Crippen molar-refractivity contribution < 1.29 is 19.7 Å². The average molecular weight is 277 g/mol. The van der Waals surface area contributed by atoms with E-state index in [2.05, 4.69) is 10.4 Å². The van der Waals surface area contributed by atoms with Crippen molar-refractivity contribution in [3.05, 3.63) is 36.2 Å². The Kier molecular flexibility index (Phi) is 4.21. The van der Waals surface area contributed by atoms with E-state index in [4.69, 9.17) is 4.74 Å². The molecule has 3 N–H and O–H groups in total. The number of phenolic OH excluding ortho intramolecular Hbond substituents is 2. The van der Waals surface area contributed by atoms with Crippen LogP contribution in [0.1, 0.15) is 10.4 Å². The van der Waals surface area contributed by atoms with Crippen molar-refractivity contribution in [3.63, 3.8) is 0 Å². The number of hydrogen-bond acceptors (Lipinski definition) is 5. The summed E-state index contributed by atoms with van der Waals surface area (Å²) in [6.45, 7) is 1.12. The van der Waals surface area contributed by atoms with E-state index in [1.54, 1.807) is 18.0 Å². The smallest absolute Gasteiger partial charge is 0.255 e. The highest BCUT2D eigenvalue weighted by atomic mass is 16.5. The number of ether oxygens (including phenoxy) is 1. The fraction of sp³-hybridized carbons (Fsp3) is 0.231. The predicted molar refractivity (Wildman–Crippen MR) is 71.8 cm³/mol. The molecule has 20 heavy (non-hydrogen) atoms. The molecule has 7 heteroatoms. The third kappa shape index (κ3) is 3.27. The van der Waals surface area contributed by atoms with Crippen LogP contribution in [0.5, 0.6) is 11.5 Å². The van der Waals surface area contributed by atoms with Crippen LogP contribution in [0.2, 0.25) is 0 Å². The fourth-order valence-corrected chi connectivity index (χ4v) is 1.60. The van der Waals surface area contributed by atoms with Crippen molar-refractivity contribution >= 4 is 11.6 Å². The summed E-state index contributed by atoms with van der Waals surface area (Å²) in [6, 6.07) is 3.87. The highest BCUT2D eigenvalue weighted by molar-refractivity contribution is 6.04. The van der Waals surface area contributed by atoms with E-state index in [1.165, 1.54) is 24.4 Å². The van der Waals surface area contributed by atoms with Gasteiger partial charge in [0.05, 0.1) is 25.0 Å². The number of aromatic hydroxyl groups is 2. The summed E-state index contributed by atoms with van der Waals surface area (Å²) in [7, 11) is 1.60. The van der Waals surface area contributed by atoms with Gasteiger partial charge in [-0.25, -0.2) is 0 Å². The number of amides is 1. The van der Waals surface area contributed by atoms with Gasteiger partial charge in [0.15, 0.2) is 11.5 Å². The fourth-order valence-electron chi connectivity index (χ4n) is 1.60. The summed E-state index contributed by atoms with van der Waals surface area (Å²) in [5.74, 6) is -1.01. The highest BCUT2D eigenvalue weighted by Crippen LogP contribution is 2.25. The summed E-state index contributed by atoms with van der Waals surface area (Å²) in [5.41, 5.74) is 0.781. The Labute approximate surface area is 115 Å². The number of carbonyl (C=O) groups excluding carboxylic acids is 1. The normalized spacial score (nSPS) is 10.4. The minimum Gasteiger partial charge on any atom is -0.504 e. The van der Waals surface area contributed by atoms with Crippen molar-refractivity contribution in [1.29, 1.82) is 0 Å².